The van der Waals surface area contributed by atoms with E-state index in [2.05, 4.69) is 10.4 Å². The van der Waals surface area contributed by atoms with E-state index in [-0.39, 0.29) is 11.7 Å². The van der Waals surface area contributed by atoms with Gasteiger partial charge in [0.15, 0.2) is 5.82 Å². The van der Waals surface area contributed by atoms with E-state index >= 15 is 0 Å². The minimum Gasteiger partial charge on any atom is -0.309 e. The number of hydrogen-bond acceptors (Lipinski definition) is 2. The maximum Gasteiger partial charge on any atom is 0.225 e. The molecule has 1 heterocycles. The Labute approximate surface area is 104 Å². The van der Waals surface area contributed by atoms with Crippen LogP contribution in [-0.4, -0.2) is 15.7 Å². The normalized spacial score (nSPS) is 10.3. The van der Waals surface area contributed by atoms with Crippen LogP contribution in [0.2, 0.25) is 0 Å². The van der Waals surface area contributed by atoms with Crippen LogP contribution in [0.1, 0.15) is 12.0 Å². The fourth-order valence-corrected chi connectivity index (χ4v) is 1.60. The number of nitrogens with zero attached hydrogens (tertiary/aromatic N) is 2. The van der Waals surface area contributed by atoms with Crippen LogP contribution in [0.15, 0.2) is 36.5 Å². The van der Waals surface area contributed by atoms with Crippen LogP contribution in [0.4, 0.5) is 10.2 Å². The lowest BCUT2D eigenvalue weighted by molar-refractivity contribution is -0.116. The number of rotatable bonds is 4. The van der Waals surface area contributed by atoms with Crippen LogP contribution in [-0.2, 0) is 18.3 Å². The summed E-state index contributed by atoms with van der Waals surface area (Å²) in [5, 5.41) is 6.75. The third kappa shape index (κ3) is 3.41. The number of nitrogens with one attached hydrogen (secondary N) is 1. The van der Waals surface area contributed by atoms with Crippen LogP contribution in [0.3, 0.4) is 0 Å². The quantitative estimate of drug-likeness (QED) is 0.899. The first kappa shape index (κ1) is 12.3. The minimum atomic E-state index is -0.267. The van der Waals surface area contributed by atoms with Gasteiger partial charge in [0.05, 0.1) is 0 Å². The summed E-state index contributed by atoms with van der Waals surface area (Å²) >= 11 is 0. The first-order chi connectivity index (χ1) is 8.63. The largest absolute Gasteiger partial charge is 0.309 e. The third-order valence-electron chi connectivity index (χ3n) is 2.54. The lowest BCUT2D eigenvalue weighted by Gasteiger charge is -2.02. The number of carbonyl (C=O) groups is 1. The highest BCUT2D eigenvalue weighted by Gasteiger charge is 2.05. The molecular weight excluding hydrogens is 233 g/mol. The number of anilines is 1. The second-order valence-corrected chi connectivity index (χ2v) is 4.05. The van der Waals surface area contributed by atoms with E-state index in [1.54, 1.807) is 36.1 Å². The van der Waals surface area contributed by atoms with Gasteiger partial charge in [0.1, 0.15) is 5.82 Å². The van der Waals surface area contributed by atoms with E-state index in [4.69, 9.17) is 0 Å². The highest BCUT2D eigenvalue weighted by molar-refractivity contribution is 5.89. The van der Waals surface area contributed by atoms with Crippen molar-refractivity contribution in [2.45, 2.75) is 12.8 Å². The summed E-state index contributed by atoms with van der Waals surface area (Å²) in [6.07, 6.45) is 2.69. The highest BCUT2D eigenvalue weighted by atomic mass is 19.1. The van der Waals surface area contributed by atoms with Gasteiger partial charge in [-0.25, -0.2) is 4.39 Å². The summed E-state index contributed by atoms with van der Waals surface area (Å²) in [4.78, 5) is 11.6. The Bertz CT molecular complexity index is 533. The zero-order valence-electron chi connectivity index (χ0n) is 10.1. The van der Waals surface area contributed by atoms with Gasteiger partial charge in [-0.05, 0) is 24.1 Å². The SMILES string of the molecule is Cn1ccc(NC(=O)CCc2ccc(F)cc2)n1. The molecule has 94 valence electrons. The lowest BCUT2D eigenvalue weighted by Crippen LogP contribution is -2.13. The van der Waals surface area contributed by atoms with E-state index < -0.39 is 0 Å². The van der Waals surface area contributed by atoms with Crippen LogP contribution in [0.5, 0.6) is 0 Å². The molecule has 0 atom stereocenters. The van der Waals surface area contributed by atoms with Gasteiger partial charge in [0.2, 0.25) is 5.91 Å². The molecule has 1 aromatic carbocycles. The van der Waals surface area contributed by atoms with Gasteiger partial charge >= 0.3 is 0 Å². The standard InChI is InChI=1S/C13H14FN3O/c1-17-9-8-12(16-17)15-13(18)7-4-10-2-5-11(14)6-3-10/h2-3,5-6,8-9H,4,7H2,1H3,(H,15,16,18). The zero-order valence-corrected chi connectivity index (χ0v) is 10.1. The molecule has 2 rings (SSSR count). The number of hydrogen-bond donors (Lipinski definition) is 1. The van der Waals surface area contributed by atoms with Crippen molar-refractivity contribution in [1.82, 2.24) is 9.78 Å². The number of halogens is 1. The molecule has 0 unspecified atom stereocenters. The van der Waals surface area contributed by atoms with Gasteiger partial charge < -0.3 is 5.32 Å². The summed E-state index contributed by atoms with van der Waals surface area (Å²) in [6, 6.07) is 7.89. The van der Waals surface area contributed by atoms with Gasteiger partial charge in [0, 0.05) is 25.7 Å². The average Bonchev–Trinajstić information content (AvgIpc) is 2.74. The number of benzene rings is 1. The number of aromatic nitrogens is 2. The summed E-state index contributed by atoms with van der Waals surface area (Å²) in [6.45, 7) is 0. The third-order valence-corrected chi connectivity index (χ3v) is 2.54. The van der Waals surface area contributed by atoms with Gasteiger partial charge in [-0.2, -0.15) is 5.10 Å². The Morgan fingerprint density at radius 1 is 1.33 bits per heavy atom. The van der Waals surface area contributed by atoms with Crippen molar-refractivity contribution >= 4 is 11.7 Å². The molecule has 0 aliphatic rings. The summed E-state index contributed by atoms with van der Waals surface area (Å²) in [7, 11) is 1.79. The van der Waals surface area contributed by atoms with Crippen LogP contribution in [0.25, 0.3) is 0 Å². The Morgan fingerprint density at radius 3 is 2.67 bits per heavy atom. The molecule has 5 heteroatoms. The molecule has 0 saturated carbocycles. The minimum absolute atomic E-state index is 0.0991. The second kappa shape index (κ2) is 5.44. The van der Waals surface area contributed by atoms with Crippen molar-refractivity contribution in [3.63, 3.8) is 0 Å². The maximum atomic E-state index is 12.7. The molecule has 0 radical (unpaired) electrons. The van der Waals surface area contributed by atoms with Gasteiger partial charge in [-0.3, -0.25) is 9.48 Å². The molecule has 0 fully saturated rings. The first-order valence-corrected chi connectivity index (χ1v) is 5.67. The van der Waals surface area contributed by atoms with Crippen molar-refractivity contribution in [2.75, 3.05) is 5.32 Å². The molecule has 2 aromatic rings. The molecule has 0 aliphatic heterocycles. The van der Waals surface area contributed by atoms with E-state index in [0.717, 1.165) is 5.56 Å². The molecule has 0 saturated heterocycles. The molecule has 0 aliphatic carbocycles. The molecule has 4 nitrogen and oxygen atoms in total. The molecule has 1 aromatic heterocycles. The number of carbonyl (C=O) groups excluding carboxylic acids is 1. The smallest absolute Gasteiger partial charge is 0.225 e. The van der Waals surface area contributed by atoms with Crippen LogP contribution >= 0.6 is 0 Å². The molecule has 0 spiro atoms. The number of amides is 1. The van der Waals surface area contributed by atoms with Crippen molar-refractivity contribution in [2.24, 2.45) is 7.05 Å². The average molecular weight is 247 g/mol. The fourth-order valence-electron chi connectivity index (χ4n) is 1.60. The van der Waals surface area contributed by atoms with Crippen molar-refractivity contribution in [3.8, 4) is 0 Å². The monoisotopic (exact) mass is 247 g/mol. The summed E-state index contributed by atoms with van der Waals surface area (Å²) < 4.78 is 14.3. The van der Waals surface area contributed by atoms with E-state index in [9.17, 15) is 9.18 Å². The van der Waals surface area contributed by atoms with Crippen LogP contribution in [0, 0.1) is 5.82 Å². The van der Waals surface area contributed by atoms with Crippen LogP contribution < -0.4 is 5.32 Å². The van der Waals surface area contributed by atoms with Crippen molar-refractivity contribution in [1.29, 1.82) is 0 Å². The molecule has 1 amide bonds. The van der Waals surface area contributed by atoms with E-state index in [1.807, 2.05) is 0 Å². The Morgan fingerprint density at radius 2 is 2.06 bits per heavy atom. The molecule has 1 N–H and O–H groups in total. The van der Waals surface area contributed by atoms with Crippen molar-refractivity contribution < 1.29 is 9.18 Å². The fraction of sp³-hybridized carbons (Fsp3) is 0.231. The Balaban J connectivity index is 1.83. The van der Waals surface area contributed by atoms with E-state index in [1.165, 1.54) is 12.1 Å². The summed E-state index contributed by atoms with van der Waals surface area (Å²) in [5.74, 6) is 0.177. The van der Waals surface area contributed by atoms with E-state index in [0.29, 0.717) is 18.7 Å². The predicted octanol–water partition coefficient (Wildman–Crippen LogP) is 2.13. The summed E-state index contributed by atoms with van der Waals surface area (Å²) in [5.41, 5.74) is 0.938. The predicted molar refractivity (Wildman–Crippen MR) is 66.6 cm³/mol. The number of aryl methyl sites for hydroxylation is 2. The zero-order chi connectivity index (χ0) is 13.0. The first-order valence-electron chi connectivity index (χ1n) is 5.67. The Hall–Kier alpha value is -2.17. The highest BCUT2D eigenvalue weighted by Crippen LogP contribution is 2.07. The van der Waals surface area contributed by atoms with Gasteiger partial charge in [-0.1, -0.05) is 12.1 Å². The second-order valence-electron chi connectivity index (χ2n) is 4.05. The van der Waals surface area contributed by atoms with Gasteiger partial charge in [0.25, 0.3) is 0 Å². The van der Waals surface area contributed by atoms with Gasteiger partial charge in [-0.15, -0.1) is 0 Å². The topological polar surface area (TPSA) is 46.9 Å². The molecule has 0 bridgehead atoms. The molecular formula is C13H14FN3O. The Kier molecular flexibility index (Phi) is 3.72. The maximum absolute atomic E-state index is 12.7. The molecule has 18 heavy (non-hydrogen) atoms. The van der Waals surface area contributed by atoms with Crippen molar-refractivity contribution in [3.05, 3.63) is 47.9 Å². The lowest BCUT2D eigenvalue weighted by atomic mass is 10.1.